The van der Waals surface area contributed by atoms with Gasteiger partial charge in [-0.25, -0.2) is 4.98 Å². The fourth-order valence-electron chi connectivity index (χ4n) is 0.929. The molecule has 1 heterocycles. The first kappa shape index (κ1) is 9.02. The van der Waals surface area contributed by atoms with Crippen molar-refractivity contribution in [2.24, 2.45) is 11.5 Å². The molecule has 12 heavy (non-hydrogen) atoms. The van der Waals surface area contributed by atoms with Gasteiger partial charge in [-0.05, 0) is 13.8 Å². The second-order valence-corrected chi connectivity index (χ2v) is 2.93. The molecule has 5 heteroatoms. The van der Waals surface area contributed by atoms with E-state index in [1.807, 2.05) is 0 Å². The van der Waals surface area contributed by atoms with E-state index in [0.717, 1.165) is 0 Å². The van der Waals surface area contributed by atoms with Crippen molar-refractivity contribution in [1.29, 1.82) is 0 Å². The monoisotopic (exact) mass is 170 g/mol. The Balaban J connectivity index is 3.00. The van der Waals surface area contributed by atoms with Crippen molar-refractivity contribution in [2.45, 2.75) is 25.9 Å². The Morgan fingerprint density at radius 2 is 1.92 bits per heavy atom. The van der Waals surface area contributed by atoms with Crippen LogP contribution in [0.2, 0.25) is 0 Å². The molecule has 0 fully saturated rings. The largest absolute Gasteiger partial charge is 0.493 e. The van der Waals surface area contributed by atoms with Gasteiger partial charge in [0.25, 0.3) is 0 Å². The van der Waals surface area contributed by atoms with Gasteiger partial charge in [0.05, 0.1) is 6.04 Å². The van der Waals surface area contributed by atoms with Gasteiger partial charge in [-0.2, -0.15) is 0 Å². The van der Waals surface area contributed by atoms with Gasteiger partial charge in [-0.15, -0.1) is 0 Å². The molecule has 0 saturated heterocycles. The Morgan fingerprint density at radius 3 is 2.17 bits per heavy atom. The highest BCUT2D eigenvalue weighted by molar-refractivity contribution is 5.23. The topological polar surface area (TPSA) is 101 Å². The summed E-state index contributed by atoms with van der Waals surface area (Å²) < 4.78 is 0. The number of hydrogen-bond donors (Lipinski definition) is 4. The van der Waals surface area contributed by atoms with E-state index in [1.54, 1.807) is 13.8 Å². The fourth-order valence-corrected chi connectivity index (χ4v) is 0.929. The molecule has 1 rings (SSSR count). The van der Waals surface area contributed by atoms with Crippen LogP contribution in [0.5, 0.6) is 5.88 Å². The van der Waals surface area contributed by atoms with Crippen molar-refractivity contribution in [2.75, 3.05) is 0 Å². The average Bonchev–Trinajstić information content (AvgIpc) is 2.30. The summed E-state index contributed by atoms with van der Waals surface area (Å²) in [5, 5.41) is 9.30. The number of hydrogen-bond acceptors (Lipinski definition) is 4. The van der Waals surface area contributed by atoms with Gasteiger partial charge in [0.15, 0.2) is 0 Å². The lowest BCUT2D eigenvalue weighted by molar-refractivity contribution is 0.443. The normalized spacial score (nSPS) is 16.0. The standard InChI is InChI=1S/C7H14N4O/c1-3(8)5-7(12)11-6(10-5)4(2)9/h3-4,12H,8-9H2,1-2H3,(H,10,11). The number of rotatable bonds is 2. The van der Waals surface area contributed by atoms with Crippen LogP contribution in [0.25, 0.3) is 0 Å². The third-order valence-electron chi connectivity index (χ3n) is 1.59. The third-order valence-corrected chi connectivity index (χ3v) is 1.59. The molecule has 1 aromatic rings. The Labute approximate surface area is 70.8 Å². The smallest absolute Gasteiger partial charge is 0.213 e. The zero-order chi connectivity index (χ0) is 9.30. The second-order valence-electron chi connectivity index (χ2n) is 2.93. The molecule has 0 bridgehead atoms. The molecule has 0 aliphatic rings. The van der Waals surface area contributed by atoms with Crippen LogP contribution in [0, 0.1) is 0 Å². The highest BCUT2D eigenvalue weighted by atomic mass is 16.3. The minimum absolute atomic E-state index is 0.0114. The summed E-state index contributed by atoms with van der Waals surface area (Å²) >= 11 is 0. The molecule has 0 saturated carbocycles. The van der Waals surface area contributed by atoms with E-state index in [9.17, 15) is 5.11 Å². The van der Waals surface area contributed by atoms with Gasteiger partial charge in [-0.1, -0.05) is 0 Å². The van der Waals surface area contributed by atoms with Crippen LogP contribution in [0.15, 0.2) is 0 Å². The molecule has 5 nitrogen and oxygen atoms in total. The number of aromatic nitrogens is 2. The average molecular weight is 170 g/mol. The molecular formula is C7H14N4O. The summed E-state index contributed by atoms with van der Waals surface area (Å²) in [4.78, 5) is 6.72. The maximum absolute atomic E-state index is 9.30. The van der Waals surface area contributed by atoms with Gasteiger partial charge < -0.3 is 21.6 Å². The molecule has 0 radical (unpaired) electrons. The Morgan fingerprint density at radius 1 is 1.33 bits per heavy atom. The molecule has 2 atom stereocenters. The van der Waals surface area contributed by atoms with Crippen molar-refractivity contribution in [3.05, 3.63) is 11.5 Å². The zero-order valence-electron chi connectivity index (χ0n) is 7.20. The van der Waals surface area contributed by atoms with Crippen molar-refractivity contribution in [1.82, 2.24) is 9.97 Å². The number of nitrogens with zero attached hydrogens (tertiary/aromatic N) is 1. The van der Waals surface area contributed by atoms with Gasteiger partial charge >= 0.3 is 0 Å². The summed E-state index contributed by atoms with van der Waals surface area (Å²) in [5.41, 5.74) is 11.6. The van der Waals surface area contributed by atoms with Crippen LogP contribution in [-0.4, -0.2) is 15.1 Å². The quantitative estimate of drug-likeness (QED) is 0.507. The molecule has 2 unspecified atom stereocenters. The molecule has 6 N–H and O–H groups in total. The Kier molecular flexibility index (Phi) is 2.35. The van der Waals surface area contributed by atoms with E-state index < -0.39 is 0 Å². The van der Waals surface area contributed by atoms with Gasteiger partial charge in [0.1, 0.15) is 11.5 Å². The first-order chi connectivity index (χ1) is 5.52. The zero-order valence-corrected chi connectivity index (χ0v) is 7.20. The summed E-state index contributed by atoms with van der Waals surface area (Å²) in [6, 6.07) is -0.503. The molecule has 0 aromatic carbocycles. The molecule has 0 aliphatic carbocycles. The van der Waals surface area contributed by atoms with Crippen molar-refractivity contribution < 1.29 is 5.11 Å². The van der Waals surface area contributed by atoms with E-state index in [4.69, 9.17) is 11.5 Å². The Hall–Kier alpha value is -1.07. The highest BCUT2D eigenvalue weighted by Gasteiger charge is 2.14. The number of imidazole rings is 1. The van der Waals surface area contributed by atoms with Crippen molar-refractivity contribution in [3.8, 4) is 5.88 Å². The van der Waals surface area contributed by atoms with Crippen LogP contribution >= 0.6 is 0 Å². The van der Waals surface area contributed by atoms with Gasteiger partial charge in [0.2, 0.25) is 5.88 Å². The first-order valence-corrected chi connectivity index (χ1v) is 3.82. The molecular weight excluding hydrogens is 156 g/mol. The highest BCUT2D eigenvalue weighted by Crippen LogP contribution is 2.20. The SMILES string of the molecule is CC(N)c1nc(C(C)N)c(O)[nH]1. The summed E-state index contributed by atoms with van der Waals surface area (Å²) in [6.07, 6.45) is 0. The van der Waals surface area contributed by atoms with Crippen LogP contribution < -0.4 is 11.5 Å². The van der Waals surface area contributed by atoms with Crippen LogP contribution in [0.3, 0.4) is 0 Å². The number of H-pyrrole nitrogens is 1. The first-order valence-electron chi connectivity index (χ1n) is 3.82. The van der Waals surface area contributed by atoms with Gasteiger partial charge in [0, 0.05) is 6.04 Å². The minimum atomic E-state index is -0.284. The third kappa shape index (κ3) is 1.57. The van der Waals surface area contributed by atoms with Crippen LogP contribution in [0.4, 0.5) is 0 Å². The molecule has 0 aliphatic heterocycles. The fraction of sp³-hybridized carbons (Fsp3) is 0.571. The van der Waals surface area contributed by atoms with E-state index in [1.165, 1.54) is 0 Å². The molecule has 68 valence electrons. The minimum Gasteiger partial charge on any atom is -0.493 e. The van der Waals surface area contributed by atoms with Gasteiger partial charge in [-0.3, -0.25) is 0 Å². The van der Waals surface area contributed by atoms with Crippen LogP contribution in [-0.2, 0) is 0 Å². The number of nitrogens with two attached hydrogens (primary N) is 2. The lowest BCUT2D eigenvalue weighted by atomic mass is 10.3. The molecule has 0 spiro atoms. The van der Waals surface area contributed by atoms with Crippen molar-refractivity contribution >= 4 is 0 Å². The number of aromatic amines is 1. The van der Waals surface area contributed by atoms with E-state index in [2.05, 4.69) is 9.97 Å². The second kappa shape index (κ2) is 3.12. The lowest BCUT2D eigenvalue weighted by Gasteiger charge is -1.99. The van der Waals surface area contributed by atoms with E-state index in [0.29, 0.717) is 11.5 Å². The maximum Gasteiger partial charge on any atom is 0.213 e. The summed E-state index contributed by atoms with van der Waals surface area (Å²) in [6.45, 7) is 3.53. The lowest BCUT2D eigenvalue weighted by Crippen LogP contribution is -2.09. The number of aromatic hydroxyl groups is 1. The summed E-state index contributed by atoms with van der Waals surface area (Å²) in [5.74, 6) is 0.567. The molecule has 0 amide bonds. The van der Waals surface area contributed by atoms with Crippen LogP contribution in [0.1, 0.15) is 37.4 Å². The Bertz CT molecular complexity index is 266. The molecule has 1 aromatic heterocycles. The number of nitrogens with one attached hydrogen (secondary N) is 1. The predicted molar refractivity (Wildman–Crippen MR) is 45.5 cm³/mol. The van der Waals surface area contributed by atoms with E-state index >= 15 is 0 Å². The summed E-state index contributed by atoms with van der Waals surface area (Å²) in [7, 11) is 0. The predicted octanol–water partition coefficient (Wildman–Crippen LogP) is 0.155. The van der Waals surface area contributed by atoms with Crippen molar-refractivity contribution in [3.63, 3.8) is 0 Å². The van der Waals surface area contributed by atoms with E-state index in [-0.39, 0.29) is 18.0 Å². The maximum atomic E-state index is 9.30.